The van der Waals surface area contributed by atoms with E-state index >= 15 is 0 Å². The molecule has 2 aromatic carbocycles. The molecule has 1 N–H and O–H groups in total. The van der Waals surface area contributed by atoms with Crippen LogP contribution < -0.4 is 5.32 Å². The first-order chi connectivity index (χ1) is 10.5. The van der Waals surface area contributed by atoms with Gasteiger partial charge in [-0.3, -0.25) is 4.79 Å². The van der Waals surface area contributed by atoms with Crippen LogP contribution in [0.5, 0.6) is 0 Å². The molecule has 0 saturated carbocycles. The second-order valence-corrected chi connectivity index (χ2v) is 5.90. The van der Waals surface area contributed by atoms with Gasteiger partial charge in [0, 0.05) is 39.9 Å². The molecule has 3 rings (SSSR count). The predicted octanol–water partition coefficient (Wildman–Crippen LogP) is 4.70. The van der Waals surface area contributed by atoms with Crippen LogP contribution in [0.25, 0.3) is 10.9 Å². The van der Waals surface area contributed by atoms with Gasteiger partial charge < -0.3 is 9.88 Å². The van der Waals surface area contributed by atoms with Crippen molar-refractivity contribution in [3.8, 4) is 0 Å². The molecule has 0 aliphatic rings. The fourth-order valence-corrected chi connectivity index (χ4v) is 2.86. The van der Waals surface area contributed by atoms with E-state index in [-0.39, 0.29) is 5.91 Å². The van der Waals surface area contributed by atoms with E-state index in [0.717, 1.165) is 10.9 Å². The number of amides is 1. The Kier molecular flexibility index (Phi) is 3.67. The lowest BCUT2D eigenvalue weighted by Gasteiger charge is -2.06. The minimum Gasteiger partial charge on any atom is -0.348 e. The highest BCUT2D eigenvalue weighted by Crippen LogP contribution is 2.25. The van der Waals surface area contributed by atoms with Crippen molar-refractivity contribution < 1.29 is 4.79 Å². The van der Waals surface area contributed by atoms with E-state index in [2.05, 4.69) is 23.7 Å². The number of rotatable bonds is 2. The lowest BCUT2D eigenvalue weighted by Crippen LogP contribution is -2.11. The molecule has 0 aliphatic heterocycles. The van der Waals surface area contributed by atoms with Crippen LogP contribution in [-0.4, -0.2) is 10.5 Å². The predicted molar refractivity (Wildman–Crippen MR) is 91.8 cm³/mol. The van der Waals surface area contributed by atoms with E-state index in [0.29, 0.717) is 16.3 Å². The van der Waals surface area contributed by atoms with Gasteiger partial charge in [-0.05, 0) is 55.8 Å². The maximum Gasteiger partial charge on any atom is 0.255 e. The Hall–Kier alpha value is -2.26. The van der Waals surface area contributed by atoms with Crippen LogP contribution in [0, 0.1) is 13.8 Å². The number of fused-ring (bicyclic) bond motifs is 1. The van der Waals surface area contributed by atoms with E-state index < -0.39 is 0 Å². The Morgan fingerprint density at radius 1 is 1.14 bits per heavy atom. The van der Waals surface area contributed by atoms with Crippen LogP contribution in [0.1, 0.15) is 21.6 Å². The normalized spacial score (nSPS) is 10.9. The van der Waals surface area contributed by atoms with Crippen LogP contribution in [0.4, 0.5) is 5.69 Å². The van der Waals surface area contributed by atoms with E-state index in [1.165, 1.54) is 11.3 Å². The van der Waals surface area contributed by atoms with Crippen molar-refractivity contribution in [1.82, 2.24) is 4.57 Å². The molecule has 1 amide bonds. The number of hydrogen-bond acceptors (Lipinski definition) is 1. The molecule has 0 fully saturated rings. The number of anilines is 1. The first-order valence-corrected chi connectivity index (χ1v) is 7.47. The topological polar surface area (TPSA) is 34.0 Å². The molecule has 0 radical (unpaired) electrons. The third kappa shape index (κ3) is 2.48. The summed E-state index contributed by atoms with van der Waals surface area (Å²) in [7, 11) is 2.04. The van der Waals surface area contributed by atoms with Gasteiger partial charge in [-0.2, -0.15) is 0 Å². The van der Waals surface area contributed by atoms with Crippen molar-refractivity contribution in [2.24, 2.45) is 7.05 Å². The highest BCUT2D eigenvalue weighted by molar-refractivity contribution is 6.31. The van der Waals surface area contributed by atoms with Crippen molar-refractivity contribution >= 4 is 34.1 Å². The lowest BCUT2D eigenvalue weighted by molar-refractivity contribution is 0.102. The molecule has 0 saturated heterocycles. The Labute approximate surface area is 134 Å². The molecule has 0 aliphatic carbocycles. The van der Waals surface area contributed by atoms with Gasteiger partial charge in [-0.1, -0.05) is 17.7 Å². The number of carbonyl (C=O) groups is 1. The molecule has 1 heterocycles. The average Bonchev–Trinajstić information content (AvgIpc) is 2.72. The summed E-state index contributed by atoms with van der Waals surface area (Å²) in [5, 5.41) is 4.58. The Bertz CT molecular complexity index is 880. The number of hydrogen-bond donors (Lipinski definition) is 1. The molecule has 1 aromatic heterocycles. The fraction of sp³-hybridized carbons (Fsp3) is 0.167. The van der Waals surface area contributed by atoms with Gasteiger partial charge in [0.05, 0.1) is 0 Å². The van der Waals surface area contributed by atoms with Gasteiger partial charge in [0.25, 0.3) is 5.91 Å². The zero-order valence-corrected chi connectivity index (χ0v) is 13.5. The highest BCUT2D eigenvalue weighted by atomic mass is 35.5. The third-order valence-electron chi connectivity index (χ3n) is 4.15. The van der Waals surface area contributed by atoms with Gasteiger partial charge in [0.15, 0.2) is 0 Å². The van der Waals surface area contributed by atoms with Crippen molar-refractivity contribution in [3.63, 3.8) is 0 Å². The average molecular weight is 313 g/mol. The number of nitrogens with one attached hydrogen (secondary N) is 1. The monoisotopic (exact) mass is 312 g/mol. The number of aryl methyl sites for hydroxylation is 2. The van der Waals surface area contributed by atoms with E-state index in [4.69, 9.17) is 11.6 Å². The van der Waals surface area contributed by atoms with Gasteiger partial charge >= 0.3 is 0 Å². The van der Waals surface area contributed by atoms with Gasteiger partial charge in [-0.15, -0.1) is 0 Å². The van der Waals surface area contributed by atoms with Crippen LogP contribution in [0.15, 0.2) is 42.5 Å². The van der Waals surface area contributed by atoms with Crippen LogP contribution in [0.3, 0.4) is 0 Å². The summed E-state index contributed by atoms with van der Waals surface area (Å²) in [5.74, 6) is -0.134. The molecule has 4 heteroatoms. The third-order valence-corrected chi connectivity index (χ3v) is 4.39. The quantitative estimate of drug-likeness (QED) is 0.731. The summed E-state index contributed by atoms with van der Waals surface area (Å²) in [6.45, 7) is 4.16. The van der Waals surface area contributed by atoms with Crippen LogP contribution >= 0.6 is 11.6 Å². The number of aromatic nitrogens is 1. The van der Waals surface area contributed by atoms with Crippen molar-refractivity contribution in [2.75, 3.05) is 5.32 Å². The van der Waals surface area contributed by atoms with Gasteiger partial charge in [-0.25, -0.2) is 0 Å². The van der Waals surface area contributed by atoms with E-state index in [1.807, 2.05) is 37.4 Å². The maximum absolute atomic E-state index is 12.4. The first kappa shape index (κ1) is 14.7. The van der Waals surface area contributed by atoms with E-state index in [1.54, 1.807) is 12.1 Å². The minimum atomic E-state index is -0.134. The number of carbonyl (C=O) groups excluding carboxylic acids is 1. The molecule has 3 aromatic rings. The van der Waals surface area contributed by atoms with Crippen molar-refractivity contribution in [1.29, 1.82) is 0 Å². The molecule has 3 nitrogen and oxygen atoms in total. The van der Waals surface area contributed by atoms with Crippen molar-refractivity contribution in [3.05, 3.63) is 64.3 Å². The largest absolute Gasteiger partial charge is 0.348 e. The smallest absolute Gasteiger partial charge is 0.255 e. The highest BCUT2D eigenvalue weighted by Gasteiger charge is 2.12. The molecule has 112 valence electrons. The van der Waals surface area contributed by atoms with Crippen molar-refractivity contribution in [2.45, 2.75) is 13.8 Å². The Balaban J connectivity index is 1.96. The Morgan fingerprint density at radius 3 is 2.64 bits per heavy atom. The van der Waals surface area contributed by atoms with Crippen LogP contribution in [-0.2, 0) is 7.05 Å². The zero-order valence-electron chi connectivity index (χ0n) is 12.8. The zero-order chi connectivity index (χ0) is 15.9. The summed E-state index contributed by atoms with van der Waals surface area (Å²) in [6.07, 6.45) is 0. The second kappa shape index (κ2) is 5.50. The SMILES string of the molecule is Cc1c(C)n(C)c2ccc(C(=O)Nc3cccc(Cl)c3)cc12. The second-order valence-electron chi connectivity index (χ2n) is 5.47. The van der Waals surface area contributed by atoms with E-state index in [9.17, 15) is 4.79 Å². The van der Waals surface area contributed by atoms with Crippen LogP contribution in [0.2, 0.25) is 5.02 Å². The Morgan fingerprint density at radius 2 is 1.91 bits per heavy atom. The summed E-state index contributed by atoms with van der Waals surface area (Å²) in [6, 6.07) is 12.9. The molecule has 0 unspecified atom stereocenters. The lowest BCUT2D eigenvalue weighted by atomic mass is 10.1. The van der Waals surface area contributed by atoms with Gasteiger partial charge in [0.2, 0.25) is 0 Å². The number of nitrogens with zero attached hydrogens (tertiary/aromatic N) is 1. The summed E-state index contributed by atoms with van der Waals surface area (Å²) >= 11 is 5.94. The first-order valence-electron chi connectivity index (χ1n) is 7.10. The number of benzene rings is 2. The van der Waals surface area contributed by atoms with Gasteiger partial charge in [0.1, 0.15) is 0 Å². The summed E-state index contributed by atoms with van der Waals surface area (Å²) in [5.41, 5.74) is 4.88. The summed E-state index contributed by atoms with van der Waals surface area (Å²) < 4.78 is 2.14. The standard InChI is InChI=1S/C18H17ClN2O/c1-11-12(2)21(3)17-8-7-13(9-16(11)17)18(22)20-15-6-4-5-14(19)10-15/h4-10H,1-3H3,(H,20,22). The molecule has 0 atom stereocenters. The molecule has 0 spiro atoms. The maximum atomic E-state index is 12.4. The molecular formula is C18H17ClN2O. The summed E-state index contributed by atoms with van der Waals surface area (Å²) in [4.78, 5) is 12.4. The molecule has 0 bridgehead atoms. The molecular weight excluding hydrogens is 296 g/mol. The fourth-order valence-electron chi connectivity index (χ4n) is 2.67. The number of halogens is 1. The minimum absolute atomic E-state index is 0.134. The molecule has 22 heavy (non-hydrogen) atoms.